The lowest BCUT2D eigenvalue weighted by molar-refractivity contribution is -0.00340. The van der Waals surface area contributed by atoms with Crippen molar-refractivity contribution in [3.63, 3.8) is 0 Å². The van der Waals surface area contributed by atoms with Crippen molar-refractivity contribution in [2.24, 2.45) is 0 Å². The van der Waals surface area contributed by atoms with E-state index in [1.165, 1.54) is 12.1 Å². The molecule has 2 N–H and O–H groups in total. The van der Waals surface area contributed by atoms with E-state index < -0.39 is 12.5 Å². The first-order valence-electron chi connectivity index (χ1n) is 4.51. The van der Waals surface area contributed by atoms with Gasteiger partial charge in [0.25, 0.3) is 6.43 Å². The molecule has 0 aliphatic rings. The smallest absolute Gasteiger partial charge is 0.265 e. The highest BCUT2D eigenvalue weighted by Gasteiger charge is 2.15. The van der Waals surface area contributed by atoms with Crippen LogP contribution >= 0.6 is 0 Å². The van der Waals surface area contributed by atoms with E-state index in [0.717, 1.165) is 5.56 Å². The molecule has 1 aromatic carbocycles. The Morgan fingerprint density at radius 1 is 1.20 bits per heavy atom. The van der Waals surface area contributed by atoms with Crippen LogP contribution in [0.15, 0.2) is 24.3 Å². The molecular weight excluding hydrogens is 207 g/mol. The minimum Gasteiger partial charge on any atom is -0.386 e. The van der Waals surface area contributed by atoms with Crippen molar-refractivity contribution in [1.82, 2.24) is 5.32 Å². The van der Waals surface area contributed by atoms with Crippen molar-refractivity contribution in [1.29, 1.82) is 0 Å². The molecule has 84 valence electrons. The monoisotopic (exact) mass is 219 g/mol. The number of rotatable bonds is 5. The number of nitrogens with one attached hydrogen (secondary N) is 1. The van der Waals surface area contributed by atoms with Crippen LogP contribution in [-0.4, -0.2) is 24.2 Å². The number of hydrogen-bond donors (Lipinski definition) is 2. The summed E-state index contributed by atoms with van der Waals surface area (Å²) in [5.41, 5.74) is 0.776. The minimum atomic E-state index is -2.74. The predicted octanol–water partition coefficient (Wildman–Crippen LogP) is 1.54. The van der Waals surface area contributed by atoms with Crippen LogP contribution < -0.4 is 5.32 Å². The highest BCUT2D eigenvalue weighted by molar-refractivity contribution is 5.15. The Morgan fingerprint density at radius 3 is 2.33 bits per heavy atom. The maximum Gasteiger partial charge on any atom is 0.265 e. The van der Waals surface area contributed by atoms with Gasteiger partial charge in [-0.3, -0.25) is 0 Å². The molecule has 0 radical (unpaired) electrons. The molecular formula is C10H12F3NO. The van der Waals surface area contributed by atoms with Crippen LogP contribution in [-0.2, 0) is 6.54 Å². The molecule has 0 bridgehead atoms. The normalized spacial score (nSPS) is 13.1. The van der Waals surface area contributed by atoms with E-state index in [2.05, 4.69) is 5.32 Å². The molecule has 0 heterocycles. The van der Waals surface area contributed by atoms with E-state index >= 15 is 0 Å². The Balaban J connectivity index is 2.29. The van der Waals surface area contributed by atoms with E-state index in [9.17, 15) is 13.2 Å². The first kappa shape index (κ1) is 12.0. The summed E-state index contributed by atoms with van der Waals surface area (Å²) >= 11 is 0. The SMILES string of the molecule is OC(CNCc1ccc(F)cc1)C(F)F. The van der Waals surface area contributed by atoms with E-state index in [1.807, 2.05) is 0 Å². The largest absolute Gasteiger partial charge is 0.386 e. The van der Waals surface area contributed by atoms with E-state index in [1.54, 1.807) is 12.1 Å². The van der Waals surface area contributed by atoms with Crippen LogP contribution in [0.3, 0.4) is 0 Å². The summed E-state index contributed by atoms with van der Waals surface area (Å²) in [5.74, 6) is -0.341. The van der Waals surface area contributed by atoms with Crippen molar-refractivity contribution < 1.29 is 18.3 Å². The molecule has 15 heavy (non-hydrogen) atoms. The van der Waals surface area contributed by atoms with Gasteiger partial charge >= 0.3 is 0 Å². The van der Waals surface area contributed by atoms with Crippen molar-refractivity contribution in [3.05, 3.63) is 35.6 Å². The van der Waals surface area contributed by atoms with Crippen molar-refractivity contribution in [2.75, 3.05) is 6.54 Å². The van der Waals surface area contributed by atoms with E-state index in [4.69, 9.17) is 5.11 Å². The zero-order valence-corrected chi connectivity index (χ0v) is 7.96. The number of alkyl halides is 2. The minimum absolute atomic E-state index is 0.185. The summed E-state index contributed by atoms with van der Waals surface area (Å²) in [5, 5.41) is 11.4. The summed E-state index contributed by atoms with van der Waals surface area (Å²) in [7, 11) is 0. The zero-order valence-electron chi connectivity index (χ0n) is 7.96. The van der Waals surface area contributed by atoms with Crippen molar-refractivity contribution >= 4 is 0 Å². The molecule has 0 spiro atoms. The Kier molecular flexibility index (Phi) is 4.58. The van der Waals surface area contributed by atoms with Crippen molar-refractivity contribution in [2.45, 2.75) is 19.1 Å². The topological polar surface area (TPSA) is 32.3 Å². The number of aliphatic hydroxyl groups excluding tert-OH is 1. The Hall–Kier alpha value is -1.07. The number of halogens is 3. The highest BCUT2D eigenvalue weighted by Crippen LogP contribution is 2.03. The van der Waals surface area contributed by atoms with Gasteiger partial charge in [-0.2, -0.15) is 0 Å². The Labute approximate surface area is 85.7 Å². The van der Waals surface area contributed by atoms with Gasteiger partial charge in [0.05, 0.1) is 0 Å². The molecule has 5 heteroatoms. The molecule has 1 unspecified atom stereocenters. The molecule has 0 fully saturated rings. The number of benzene rings is 1. The van der Waals surface area contributed by atoms with Gasteiger partial charge in [0.15, 0.2) is 0 Å². The Morgan fingerprint density at radius 2 is 1.80 bits per heavy atom. The molecule has 0 saturated carbocycles. The molecule has 2 nitrogen and oxygen atoms in total. The van der Waals surface area contributed by atoms with Crippen molar-refractivity contribution in [3.8, 4) is 0 Å². The summed E-state index contributed by atoms with van der Waals surface area (Å²) in [4.78, 5) is 0. The van der Waals surface area contributed by atoms with Gasteiger partial charge in [0.1, 0.15) is 11.9 Å². The van der Waals surface area contributed by atoms with Crippen LogP contribution in [0.5, 0.6) is 0 Å². The molecule has 0 aromatic heterocycles. The molecule has 1 rings (SSSR count). The van der Waals surface area contributed by atoms with Gasteiger partial charge in [-0.15, -0.1) is 0 Å². The maximum absolute atomic E-state index is 12.5. The lowest BCUT2D eigenvalue weighted by atomic mass is 10.2. The van der Waals surface area contributed by atoms with Crippen LogP contribution in [0.2, 0.25) is 0 Å². The summed E-state index contributed by atoms with van der Waals surface area (Å²) in [6.07, 6.45) is -4.41. The van der Waals surface area contributed by atoms with Crippen LogP contribution in [0.1, 0.15) is 5.56 Å². The molecule has 1 aromatic rings. The average Bonchev–Trinajstić information content (AvgIpc) is 2.20. The Bertz CT molecular complexity index is 289. The van der Waals surface area contributed by atoms with Gasteiger partial charge in [-0.1, -0.05) is 12.1 Å². The molecule has 1 atom stereocenters. The maximum atomic E-state index is 12.5. The van der Waals surface area contributed by atoms with Gasteiger partial charge in [0.2, 0.25) is 0 Å². The van der Waals surface area contributed by atoms with Gasteiger partial charge in [-0.05, 0) is 17.7 Å². The first-order valence-corrected chi connectivity index (χ1v) is 4.51. The number of aliphatic hydroxyl groups is 1. The third-order valence-electron chi connectivity index (χ3n) is 1.89. The van der Waals surface area contributed by atoms with E-state index in [-0.39, 0.29) is 12.4 Å². The molecule has 0 saturated heterocycles. The zero-order chi connectivity index (χ0) is 11.3. The predicted molar refractivity (Wildman–Crippen MR) is 50.1 cm³/mol. The second-order valence-corrected chi connectivity index (χ2v) is 3.16. The molecule has 0 aliphatic carbocycles. The molecule has 0 amide bonds. The standard InChI is InChI=1S/C10H12F3NO/c11-8-3-1-7(2-4-8)5-14-6-9(15)10(12)13/h1-4,9-10,14-15H,5-6H2. The van der Waals surface area contributed by atoms with Crippen LogP contribution in [0, 0.1) is 5.82 Å². The fraction of sp³-hybridized carbons (Fsp3) is 0.400. The quantitative estimate of drug-likeness (QED) is 0.787. The fourth-order valence-electron chi connectivity index (χ4n) is 1.06. The van der Waals surface area contributed by atoms with E-state index in [0.29, 0.717) is 6.54 Å². The summed E-state index contributed by atoms with van der Waals surface area (Å²) < 4.78 is 36.2. The number of hydrogen-bond acceptors (Lipinski definition) is 2. The summed E-state index contributed by atoms with van der Waals surface area (Å²) in [6, 6.07) is 5.69. The lowest BCUT2D eigenvalue weighted by Gasteiger charge is -2.10. The van der Waals surface area contributed by atoms with Gasteiger partial charge < -0.3 is 10.4 Å². The third-order valence-corrected chi connectivity index (χ3v) is 1.89. The fourth-order valence-corrected chi connectivity index (χ4v) is 1.06. The molecule has 0 aliphatic heterocycles. The third kappa shape index (κ3) is 4.31. The van der Waals surface area contributed by atoms with Gasteiger partial charge in [0, 0.05) is 13.1 Å². The second kappa shape index (κ2) is 5.72. The highest BCUT2D eigenvalue weighted by atomic mass is 19.3. The average molecular weight is 219 g/mol. The van der Waals surface area contributed by atoms with Crippen LogP contribution in [0.25, 0.3) is 0 Å². The lowest BCUT2D eigenvalue weighted by Crippen LogP contribution is -2.31. The summed E-state index contributed by atoms with van der Waals surface area (Å²) in [6.45, 7) is 0.138. The van der Waals surface area contributed by atoms with Gasteiger partial charge in [-0.25, -0.2) is 13.2 Å². The first-order chi connectivity index (χ1) is 7.09. The van der Waals surface area contributed by atoms with Crippen LogP contribution in [0.4, 0.5) is 13.2 Å². The second-order valence-electron chi connectivity index (χ2n) is 3.16.